The summed E-state index contributed by atoms with van der Waals surface area (Å²) in [6, 6.07) is 5.34. The molecule has 0 aliphatic rings. The summed E-state index contributed by atoms with van der Waals surface area (Å²) in [6.45, 7) is 0. The van der Waals surface area contributed by atoms with Crippen LogP contribution in [0.4, 0.5) is 19.0 Å². The lowest BCUT2D eigenvalue weighted by molar-refractivity contribution is -0.137. The van der Waals surface area contributed by atoms with Gasteiger partial charge in [0.2, 0.25) is 0 Å². The monoisotopic (exact) mass is 437 g/mol. The lowest BCUT2D eigenvalue weighted by Crippen LogP contribution is -2.05. The van der Waals surface area contributed by atoms with Crippen LogP contribution in [0.15, 0.2) is 35.6 Å². The first kappa shape index (κ1) is 17.3. The molecule has 1 heterocycles. The normalized spacial score (nSPS) is 11.7. The van der Waals surface area contributed by atoms with E-state index in [1.54, 1.807) is 12.1 Å². The number of phenolic OH excluding ortho intramolecular Hbond substituents is 1. The van der Waals surface area contributed by atoms with Crippen LogP contribution in [-0.4, -0.2) is 23.4 Å². The summed E-state index contributed by atoms with van der Waals surface area (Å²) in [5, 5.41) is 13.6. The number of nitrogens with zero attached hydrogens (tertiary/aromatic N) is 2. The van der Waals surface area contributed by atoms with Crippen LogP contribution in [-0.2, 0) is 6.18 Å². The van der Waals surface area contributed by atoms with Gasteiger partial charge in [-0.2, -0.15) is 18.3 Å². The third kappa shape index (κ3) is 4.47. The Morgan fingerprint density at radius 2 is 2.09 bits per heavy atom. The van der Waals surface area contributed by atoms with E-state index in [0.29, 0.717) is 14.9 Å². The van der Waals surface area contributed by atoms with E-state index in [1.807, 2.05) is 22.6 Å². The standard InChI is InChI=1S/C14H11F3IN3O2/c1-23-11-5-8(4-10(18)13(11)22)6-20-21-12-3-2-9(7-19-12)14(15,16)17/h2-7,22H,1H3,(H,19,21)/b20-6-. The molecule has 0 aliphatic carbocycles. The lowest BCUT2D eigenvalue weighted by Gasteiger charge is -2.07. The van der Waals surface area contributed by atoms with Gasteiger partial charge in [-0.1, -0.05) is 0 Å². The number of aromatic nitrogens is 1. The van der Waals surface area contributed by atoms with Crippen molar-refractivity contribution in [3.63, 3.8) is 0 Å². The van der Waals surface area contributed by atoms with Crippen LogP contribution in [0.5, 0.6) is 11.5 Å². The van der Waals surface area contributed by atoms with Crippen molar-refractivity contribution >= 4 is 34.6 Å². The van der Waals surface area contributed by atoms with E-state index in [9.17, 15) is 18.3 Å². The molecule has 1 aromatic carbocycles. The van der Waals surface area contributed by atoms with Gasteiger partial charge in [-0.05, 0) is 52.4 Å². The van der Waals surface area contributed by atoms with E-state index >= 15 is 0 Å². The van der Waals surface area contributed by atoms with Gasteiger partial charge in [-0.25, -0.2) is 4.98 Å². The molecule has 5 nitrogen and oxygen atoms in total. The number of hydrogen-bond donors (Lipinski definition) is 2. The number of anilines is 1. The molecule has 9 heteroatoms. The average Bonchev–Trinajstić information content (AvgIpc) is 2.50. The Labute approximate surface area is 143 Å². The Hall–Kier alpha value is -2.04. The molecular weight excluding hydrogens is 426 g/mol. The number of methoxy groups -OCH3 is 1. The van der Waals surface area contributed by atoms with E-state index in [1.165, 1.54) is 19.4 Å². The molecule has 0 unspecified atom stereocenters. The largest absolute Gasteiger partial charge is 0.504 e. The molecule has 122 valence electrons. The number of halogens is 4. The van der Waals surface area contributed by atoms with Crippen molar-refractivity contribution in [2.45, 2.75) is 6.18 Å². The number of alkyl halides is 3. The zero-order chi connectivity index (χ0) is 17.0. The zero-order valence-electron chi connectivity index (χ0n) is 11.7. The van der Waals surface area contributed by atoms with Crippen molar-refractivity contribution in [2.75, 3.05) is 12.5 Å². The molecule has 0 atom stereocenters. The third-order valence-corrected chi connectivity index (χ3v) is 3.58. The number of phenols is 1. The van der Waals surface area contributed by atoms with Gasteiger partial charge in [0, 0.05) is 6.20 Å². The first-order valence-electron chi connectivity index (χ1n) is 6.20. The van der Waals surface area contributed by atoms with Crippen LogP contribution in [0.2, 0.25) is 0 Å². The molecule has 0 spiro atoms. The van der Waals surface area contributed by atoms with Crippen molar-refractivity contribution in [3.05, 3.63) is 45.2 Å². The van der Waals surface area contributed by atoms with Crippen LogP contribution in [0.1, 0.15) is 11.1 Å². The topological polar surface area (TPSA) is 66.7 Å². The maximum Gasteiger partial charge on any atom is 0.417 e. The molecule has 2 aromatic rings. The summed E-state index contributed by atoms with van der Waals surface area (Å²) in [7, 11) is 1.43. The van der Waals surface area contributed by atoms with Crippen LogP contribution in [0.25, 0.3) is 0 Å². The predicted octanol–water partition coefficient (Wildman–Crippen LogP) is 3.87. The van der Waals surface area contributed by atoms with Gasteiger partial charge in [-0.15, -0.1) is 0 Å². The summed E-state index contributed by atoms with van der Waals surface area (Å²) in [5.41, 5.74) is 2.34. The number of aromatic hydroxyl groups is 1. The van der Waals surface area contributed by atoms with Gasteiger partial charge in [0.25, 0.3) is 0 Å². The molecule has 0 saturated carbocycles. The second kappa shape index (κ2) is 7.02. The highest BCUT2D eigenvalue weighted by molar-refractivity contribution is 14.1. The van der Waals surface area contributed by atoms with Crippen molar-refractivity contribution in [1.29, 1.82) is 0 Å². The fourth-order valence-electron chi connectivity index (χ4n) is 1.62. The molecule has 2 N–H and O–H groups in total. The Morgan fingerprint density at radius 3 is 2.65 bits per heavy atom. The highest BCUT2D eigenvalue weighted by Crippen LogP contribution is 2.32. The molecule has 0 aliphatic heterocycles. The second-order valence-electron chi connectivity index (χ2n) is 4.35. The van der Waals surface area contributed by atoms with E-state index in [4.69, 9.17) is 4.74 Å². The number of hydrogen-bond acceptors (Lipinski definition) is 5. The van der Waals surface area contributed by atoms with Crippen LogP contribution in [0.3, 0.4) is 0 Å². The summed E-state index contributed by atoms with van der Waals surface area (Å²) >= 11 is 1.94. The highest BCUT2D eigenvalue weighted by atomic mass is 127. The van der Waals surface area contributed by atoms with Crippen LogP contribution < -0.4 is 10.2 Å². The van der Waals surface area contributed by atoms with Gasteiger partial charge in [-0.3, -0.25) is 5.43 Å². The molecule has 0 fully saturated rings. The second-order valence-corrected chi connectivity index (χ2v) is 5.52. The molecule has 0 radical (unpaired) electrons. The maximum atomic E-state index is 12.4. The van der Waals surface area contributed by atoms with Gasteiger partial charge in [0.05, 0.1) is 22.5 Å². The van der Waals surface area contributed by atoms with Gasteiger partial charge in [0.15, 0.2) is 11.5 Å². The number of pyridine rings is 1. The molecule has 23 heavy (non-hydrogen) atoms. The SMILES string of the molecule is COc1cc(/C=N\Nc2ccc(C(F)(F)F)cn2)cc(I)c1O. The Morgan fingerprint density at radius 1 is 1.35 bits per heavy atom. The van der Waals surface area contributed by atoms with Gasteiger partial charge < -0.3 is 9.84 Å². The minimum absolute atomic E-state index is 0.0302. The number of nitrogens with one attached hydrogen (secondary N) is 1. The van der Waals surface area contributed by atoms with E-state index in [-0.39, 0.29) is 11.6 Å². The van der Waals surface area contributed by atoms with Crippen molar-refractivity contribution in [3.8, 4) is 11.5 Å². The summed E-state index contributed by atoms with van der Waals surface area (Å²) < 4.78 is 42.8. The molecule has 1 aromatic heterocycles. The third-order valence-electron chi connectivity index (χ3n) is 2.75. The maximum absolute atomic E-state index is 12.4. The van der Waals surface area contributed by atoms with E-state index in [2.05, 4.69) is 15.5 Å². The summed E-state index contributed by atoms with van der Waals surface area (Å²) in [4.78, 5) is 3.63. The predicted molar refractivity (Wildman–Crippen MR) is 87.8 cm³/mol. The number of hydrazone groups is 1. The summed E-state index contributed by atoms with van der Waals surface area (Å²) in [6.07, 6.45) is -2.26. The summed E-state index contributed by atoms with van der Waals surface area (Å²) in [5.74, 6) is 0.503. The Kier molecular flexibility index (Phi) is 5.29. The van der Waals surface area contributed by atoms with Gasteiger partial charge in [0.1, 0.15) is 5.82 Å². The Bertz CT molecular complexity index is 718. The van der Waals surface area contributed by atoms with Crippen LogP contribution in [0, 0.1) is 3.57 Å². The van der Waals surface area contributed by atoms with E-state index in [0.717, 1.165) is 12.3 Å². The molecular formula is C14H11F3IN3O2. The van der Waals surface area contributed by atoms with E-state index < -0.39 is 11.7 Å². The van der Waals surface area contributed by atoms with Gasteiger partial charge >= 0.3 is 6.18 Å². The molecule has 0 bridgehead atoms. The fourth-order valence-corrected chi connectivity index (χ4v) is 2.25. The lowest BCUT2D eigenvalue weighted by atomic mass is 10.2. The first-order valence-corrected chi connectivity index (χ1v) is 7.28. The number of rotatable bonds is 4. The fraction of sp³-hybridized carbons (Fsp3) is 0.143. The molecule has 0 amide bonds. The molecule has 2 rings (SSSR count). The minimum Gasteiger partial charge on any atom is -0.504 e. The number of benzene rings is 1. The first-order chi connectivity index (χ1) is 10.8. The average molecular weight is 437 g/mol. The quantitative estimate of drug-likeness (QED) is 0.433. The number of ether oxygens (including phenoxy) is 1. The zero-order valence-corrected chi connectivity index (χ0v) is 13.9. The van der Waals surface area contributed by atoms with Crippen molar-refractivity contribution in [2.24, 2.45) is 5.10 Å². The Balaban J connectivity index is 2.09. The van der Waals surface area contributed by atoms with Crippen molar-refractivity contribution in [1.82, 2.24) is 4.98 Å². The van der Waals surface area contributed by atoms with Crippen LogP contribution >= 0.6 is 22.6 Å². The molecule has 0 saturated heterocycles. The highest BCUT2D eigenvalue weighted by Gasteiger charge is 2.30. The minimum atomic E-state index is -4.42. The smallest absolute Gasteiger partial charge is 0.417 e. The van der Waals surface area contributed by atoms with Crippen molar-refractivity contribution < 1.29 is 23.0 Å².